The van der Waals surface area contributed by atoms with Crippen molar-refractivity contribution in [1.82, 2.24) is 9.97 Å². The average Bonchev–Trinajstić information content (AvgIpc) is 2.67. The highest BCUT2D eigenvalue weighted by molar-refractivity contribution is 5.58. The van der Waals surface area contributed by atoms with Crippen LogP contribution in [-0.4, -0.2) is 36.1 Å². The molecule has 0 bridgehead atoms. The standard InChI is InChI=1S/C12H15F3N4/c1-7-3-6-19(7)11-16-9(12(13,14)15)8-4-5-18(2)10(8)17-11/h7H,3-6H2,1-2H3/t7-/m0/s1. The molecule has 0 saturated carbocycles. The van der Waals surface area contributed by atoms with Gasteiger partial charge in [-0.15, -0.1) is 0 Å². The van der Waals surface area contributed by atoms with Crippen LogP contribution in [0.15, 0.2) is 0 Å². The van der Waals surface area contributed by atoms with Crippen molar-refractivity contribution >= 4 is 11.8 Å². The van der Waals surface area contributed by atoms with E-state index in [2.05, 4.69) is 9.97 Å². The number of aromatic nitrogens is 2. The summed E-state index contributed by atoms with van der Waals surface area (Å²) in [6, 6.07) is 0.214. The zero-order chi connectivity index (χ0) is 13.8. The van der Waals surface area contributed by atoms with Crippen molar-refractivity contribution in [2.45, 2.75) is 32.0 Å². The highest BCUT2D eigenvalue weighted by Gasteiger charge is 2.41. The summed E-state index contributed by atoms with van der Waals surface area (Å²) in [5.41, 5.74) is -0.539. The van der Waals surface area contributed by atoms with Gasteiger partial charge in [0.2, 0.25) is 5.95 Å². The minimum atomic E-state index is -4.42. The molecule has 0 aliphatic carbocycles. The Morgan fingerprint density at radius 2 is 1.95 bits per heavy atom. The maximum absolute atomic E-state index is 13.1. The van der Waals surface area contributed by atoms with E-state index in [4.69, 9.17) is 0 Å². The van der Waals surface area contributed by atoms with E-state index < -0.39 is 11.9 Å². The topological polar surface area (TPSA) is 32.3 Å². The molecule has 1 atom stereocenters. The van der Waals surface area contributed by atoms with Crippen molar-refractivity contribution in [1.29, 1.82) is 0 Å². The van der Waals surface area contributed by atoms with Crippen LogP contribution in [0.5, 0.6) is 0 Å². The number of fused-ring (bicyclic) bond motifs is 1. The molecule has 2 aliphatic rings. The number of hydrogen-bond acceptors (Lipinski definition) is 4. The second kappa shape index (κ2) is 3.98. The van der Waals surface area contributed by atoms with Crippen molar-refractivity contribution in [3.05, 3.63) is 11.3 Å². The second-order valence-corrected chi connectivity index (χ2v) is 5.17. The molecule has 104 valence electrons. The Morgan fingerprint density at radius 3 is 2.47 bits per heavy atom. The van der Waals surface area contributed by atoms with Gasteiger partial charge in [0.05, 0.1) is 0 Å². The Bertz CT molecular complexity index is 514. The normalized spacial score (nSPS) is 22.5. The number of likely N-dealkylation sites (N-methyl/N-ethyl adjacent to an activating group) is 1. The van der Waals surface area contributed by atoms with Crippen LogP contribution >= 0.6 is 0 Å². The van der Waals surface area contributed by atoms with Crippen molar-refractivity contribution in [2.24, 2.45) is 0 Å². The van der Waals surface area contributed by atoms with E-state index in [1.807, 2.05) is 11.8 Å². The highest BCUT2D eigenvalue weighted by atomic mass is 19.4. The fourth-order valence-electron chi connectivity index (χ4n) is 2.57. The summed E-state index contributed by atoms with van der Waals surface area (Å²) in [4.78, 5) is 11.7. The first kappa shape index (κ1) is 12.5. The van der Waals surface area contributed by atoms with Crippen LogP contribution in [0.3, 0.4) is 0 Å². The molecule has 1 aromatic rings. The van der Waals surface area contributed by atoms with Crippen LogP contribution in [0.2, 0.25) is 0 Å². The van der Waals surface area contributed by atoms with Crippen LogP contribution in [0, 0.1) is 0 Å². The van der Waals surface area contributed by atoms with Gasteiger partial charge in [0.15, 0.2) is 5.69 Å². The Labute approximate surface area is 109 Å². The lowest BCUT2D eigenvalue weighted by molar-refractivity contribution is -0.141. The SMILES string of the molecule is C[C@H]1CCN1c1nc2c(c(C(F)(F)F)n1)CCN2C. The molecule has 0 spiro atoms. The van der Waals surface area contributed by atoms with E-state index in [1.165, 1.54) is 0 Å². The van der Waals surface area contributed by atoms with E-state index >= 15 is 0 Å². The fraction of sp³-hybridized carbons (Fsp3) is 0.667. The van der Waals surface area contributed by atoms with Gasteiger partial charge in [-0.3, -0.25) is 0 Å². The van der Waals surface area contributed by atoms with Crippen LogP contribution < -0.4 is 9.80 Å². The van der Waals surface area contributed by atoms with Gasteiger partial charge < -0.3 is 9.80 Å². The molecule has 1 fully saturated rings. The monoisotopic (exact) mass is 272 g/mol. The molecule has 0 N–H and O–H groups in total. The van der Waals surface area contributed by atoms with Crippen molar-refractivity contribution in [2.75, 3.05) is 29.9 Å². The molecular formula is C12H15F3N4. The van der Waals surface area contributed by atoms with Crippen molar-refractivity contribution in [3.8, 4) is 0 Å². The van der Waals surface area contributed by atoms with E-state index in [0.29, 0.717) is 18.8 Å². The number of alkyl halides is 3. The third-order valence-corrected chi connectivity index (χ3v) is 3.88. The largest absolute Gasteiger partial charge is 0.433 e. The second-order valence-electron chi connectivity index (χ2n) is 5.17. The zero-order valence-corrected chi connectivity index (χ0v) is 10.8. The minimum absolute atomic E-state index is 0.207. The number of nitrogens with zero attached hydrogens (tertiary/aromatic N) is 4. The van der Waals surface area contributed by atoms with Gasteiger partial charge in [0, 0.05) is 31.7 Å². The van der Waals surface area contributed by atoms with E-state index in [0.717, 1.165) is 13.0 Å². The Hall–Kier alpha value is -1.53. The smallest absolute Gasteiger partial charge is 0.359 e. The molecule has 7 heteroatoms. The van der Waals surface area contributed by atoms with Crippen LogP contribution in [0.1, 0.15) is 24.6 Å². The van der Waals surface area contributed by atoms with Crippen LogP contribution in [0.25, 0.3) is 0 Å². The van der Waals surface area contributed by atoms with Gasteiger partial charge in [0.1, 0.15) is 5.82 Å². The summed E-state index contributed by atoms with van der Waals surface area (Å²) in [5, 5.41) is 0. The van der Waals surface area contributed by atoms with Crippen molar-refractivity contribution in [3.63, 3.8) is 0 Å². The third-order valence-electron chi connectivity index (χ3n) is 3.88. The molecule has 1 aromatic heterocycles. The molecule has 0 radical (unpaired) electrons. The number of anilines is 2. The van der Waals surface area contributed by atoms with Gasteiger partial charge >= 0.3 is 6.18 Å². The first-order valence-electron chi connectivity index (χ1n) is 6.34. The Morgan fingerprint density at radius 1 is 1.21 bits per heavy atom. The molecule has 19 heavy (non-hydrogen) atoms. The molecule has 3 heterocycles. The molecular weight excluding hydrogens is 257 g/mol. The Kier molecular flexibility index (Phi) is 2.62. The Balaban J connectivity index is 2.11. The lowest BCUT2D eigenvalue weighted by Gasteiger charge is -2.39. The number of halogens is 3. The molecule has 0 amide bonds. The first-order valence-corrected chi connectivity index (χ1v) is 6.34. The maximum atomic E-state index is 13.1. The van der Waals surface area contributed by atoms with Gasteiger partial charge in [-0.2, -0.15) is 18.2 Å². The van der Waals surface area contributed by atoms with Crippen LogP contribution in [-0.2, 0) is 12.6 Å². The summed E-state index contributed by atoms with van der Waals surface area (Å²) in [7, 11) is 1.77. The van der Waals surface area contributed by atoms with E-state index in [-0.39, 0.29) is 17.6 Å². The van der Waals surface area contributed by atoms with E-state index in [1.54, 1.807) is 11.9 Å². The summed E-state index contributed by atoms with van der Waals surface area (Å²) in [6.07, 6.45) is -3.09. The molecule has 0 aromatic carbocycles. The predicted molar refractivity (Wildman–Crippen MR) is 65.4 cm³/mol. The van der Waals surface area contributed by atoms with Gasteiger partial charge in [-0.1, -0.05) is 0 Å². The highest BCUT2D eigenvalue weighted by Crippen LogP contribution is 2.39. The molecule has 2 aliphatic heterocycles. The lowest BCUT2D eigenvalue weighted by Crippen LogP contribution is -2.47. The minimum Gasteiger partial charge on any atom is -0.359 e. The quantitative estimate of drug-likeness (QED) is 0.783. The predicted octanol–water partition coefficient (Wildman–Crippen LogP) is 2.09. The summed E-state index contributed by atoms with van der Waals surface area (Å²) >= 11 is 0. The fourth-order valence-corrected chi connectivity index (χ4v) is 2.57. The van der Waals surface area contributed by atoms with Crippen LogP contribution in [0.4, 0.5) is 24.9 Å². The maximum Gasteiger partial charge on any atom is 0.433 e. The van der Waals surface area contributed by atoms with Gasteiger partial charge in [-0.05, 0) is 19.8 Å². The van der Waals surface area contributed by atoms with Gasteiger partial charge in [-0.25, -0.2) is 4.98 Å². The number of rotatable bonds is 1. The summed E-state index contributed by atoms with van der Waals surface area (Å²) in [6.45, 7) is 3.25. The van der Waals surface area contributed by atoms with Crippen molar-refractivity contribution < 1.29 is 13.2 Å². The first-order chi connectivity index (χ1) is 8.88. The van der Waals surface area contributed by atoms with Gasteiger partial charge in [0.25, 0.3) is 0 Å². The molecule has 1 saturated heterocycles. The zero-order valence-electron chi connectivity index (χ0n) is 10.8. The van der Waals surface area contributed by atoms with E-state index in [9.17, 15) is 13.2 Å². The molecule has 0 unspecified atom stereocenters. The summed E-state index contributed by atoms with van der Waals surface area (Å²) in [5.74, 6) is 0.634. The number of hydrogen-bond donors (Lipinski definition) is 0. The average molecular weight is 272 g/mol. The lowest BCUT2D eigenvalue weighted by atomic mass is 10.1. The molecule has 4 nitrogen and oxygen atoms in total. The molecule has 3 rings (SSSR count). The third kappa shape index (κ3) is 1.91. The summed E-state index contributed by atoms with van der Waals surface area (Å²) < 4.78 is 39.3.